The van der Waals surface area contributed by atoms with E-state index in [9.17, 15) is 21.6 Å². The first-order valence-electron chi connectivity index (χ1n) is 6.75. The van der Waals surface area contributed by atoms with Gasteiger partial charge in [0.2, 0.25) is 10.0 Å². The Morgan fingerprint density at radius 2 is 1.60 bits per heavy atom. The van der Waals surface area contributed by atoms with Crippen LogP contribution in [0.15, 0.2) is 52.6 Å². The van der Waals surface area contributed by atoms with E-state index in [1.807, 2.05) is 10.3 Å². The van der Waals surface area contributed by atoms with Crippen molar-refractivity contribution in [3.63, 3.8) is 0 Å². The number of aromatic nitrogens is 2. The molecule has 0 aliphatic carbocycles. The summed E-state index contributed by atoms with van der Waals surface area (Å²) in [7, 11) is -5.02. The number of nitrogens with zero attached hydrogens (tertiary/aromatic N) is 3. The van der Waals surface area contributed by atoms with Crippen molar-refractivity contribution in [3.05, 3.63) is 48.5 Å². The van der Waals surface area contributed by atoms with Gasteiger partial charge in [-0.25, -0.2) is 26.1 Å². The van der Waals surface area contributed by atoms with Crippen molar-refractivity contribution in [2.24, 2.45) is 0 Å². The topological polar surface area (TPSA) is 138 Å². The van der Waals surface area contributed by atoms with Gasteiger partial charge in [-0.05, 0) is 24.3 Å². The Morgan fingerprint density at radius 1 is 1.00 bits per heavy atom. The minimum absolute atomic E-state index is 0.0555. The number of hydrogen-bond acceptors (Lipinski definition) is 7. The molecular formula is C13H15N5O5S2. The fraction of sp³-hybridized carbons (Fsp3) is 0.154. The van der Waals surface area contributed by atoms with Gasteiger partial charge in [0.15, 0.2) is 0 Å². The van der Waals surface area contributed by atoms with Crippen LogP contribution < -0.4 is 10.3 Å². The van der Waals surface area contributed by atoms with Crippen molar-refractivity contribution in [1.29, 1.82) is 0 Å². The molecule has 0 unspecified atom stereocenters. The van der Waals surface area contributed by atoms with Gasteiger partial charge in [0.25, 0.3) is 15.9 Å². The zero-order valence-electron chi connectivity index (χ0n) is 13.2. The second-order valence-electron chi connectivity index (χ2n) is 4.91. The summed E-state index contributed by atoms with van der Waals surface area (Å²) in [5.74, 6) is -0.788. The Bertz CT molecular complexity index is 958. The van der Waals surface area contributed by atoms with E-state index in [2.05, 4.69) is 9.97 Å². The van der Waals surface area contributed by atoms with Gasteiger partial charge in [-0.2, -0.15) is 0 Å². The third kappa shape index (κ3) is 4.36. The van der Waals surface area contributed by atoms with Crippen LogP contribution in [0, 0.1) is 0 Å². The smallest absolute Gasteiger partial charge is 0.272 e. The van der Waals surface area contributed by atoms with Crippen LogP contribution in [0.25, 0.3) is 0 Å². The third-order valence-electron chi connectivity index (χ3n) is 3.01. The minimum Gasteiger partial charge on any atom is -0.272 e. The summed E-state index contributed by atoms with van der Waals surface area (Å²) < 4.78 is 49.2. The highest BCUT2D eigenvalue weighted by Gasteiger charge is 2.20. The van der Waals surface area contributed by atoms with Crippen molar-refractivity contribution in [2.45, 2.75) is 9.79 Å². The lowest BCUT2D eigenvalue weighted by atomic mass is 10.4. The zero-order valence-corrected chi connectivity index (χ0v) is 14.9. The highest BCUT2D eigenvalue weighted by atomic mass is 32.2. The number of benzene rings is 1. The number of sulfonamides is 2. The predicted molar refractivity (Wildman–Crippen MR) is 87.1 cm³/mol. The number of carbonyl (C=O) groups excluding carboxylic acids is 1. The molecule has 1 heterocycles. The van der Waals surface area contributed by atoms with Crippen molar-refractivity contribution >= 4 is 26.0 Å². The van der Waals surface area contributed by atoms with Gasteiger partial charge in [-0.15, -0.1) is 4.83 Å². The molecule has 2 N–H and O–H groups in total. The SMILES string of the molecule is CN(C)S(=O)(=O)c1ccc(S(=O)(=O)NNC(=O)c2cnccn2)cc1. The maximum absolute atomic E-state index is 12.1. The molecule has 0 fully saturated rings. The number of amides is 1. The van der Waals surface area contributed by atoms with Crippen LogP contribution in [-0.2, 0) is 20.0 Å². The summed E-state index contributed by atoms with van der Waals surface area (Å²) in [5.41, 5.74) is 1.92. The molecule has 134 valence electrons. The average molecular weight is 385 g/mol. The number of rotatable bonds is 6. The number of hydrazine groups is 1. The largest absolute Gasteiger partial charge is 0.286 e. The average Bonchev–Trinajstić information content (AvgIpc) is 2.60. The molecule has 2 rings (SSSR count). The molecule has 0 aliphatic rings. The molecule has 0 saturated heterocycles. The molecule has 0 aliphatic heterocycles. The van der Waals surface area contributed by atoms with Crippen LogP contribution in [0.3, 0.4) is 0 Å². The molecule has 1 amide bonds. The van der Waals surface area contributed by atoms with E-state index in [-0.39, 0.29) is 15.5 Å². The highest BCUT2D eigenvalue weighted by molar-refractivity contribution is 7.89. The lowest BCUT2D eigenvalue weighted by molar-refractivity contribution is 0.0939. The molecule has 0 bridgehead atoms. The lowest BCUT2D eigenvalue weighted by Gasteiger charge is -2.12. The second-order valence-corrected chi connectivity index (χ2v) is 8.74. The summed E-state index contributed by atoms with van der Waals surface area (Å²) >= 11 is 0. The van der Waals surface area contributed by atoms with Gasteiger partial charge in [0.1, 0.15) is 5.69 Å². The molecule has 0 saturated carbocycles. The standard InChI is InChI=1S/C13H15N5O5S2/c1-18(2)25(22,23)11-5-3-10(4-6-11)24(20,21)17-16-13(19)12-9-14-7-8-15-12/h3-9,17H,1-2H3,(H,16,19). The molecule has 25 heavy (non-hydrogen) atoms. The van der Waals surface area contributed by atoms with E-state index in [1.165, 1.54) is 32.7 Å². The number of hydrogen-bond donors (Lipinski definition) is 2. The minimum atomic E-state index is -4.08. The molecule has 2 aromatic rings. The zero-order chi connectivity index (χ0) is 18.7. The predicted octanol–water partition coefficient (Wildman–Crippen LogP) is -0.650. The van der Waals surface area contributed by atoms with E-state index >= 15 is 0 Å². The maximum atomic E-state index is 12.1. The summed E-state index contributed by atoms with van der Waals surface area (Å²) in [4.78, 5) is 20.8. The van der Waals surface area contributed by atoms with Gasteiger partial charge in [0.05, 0.1) is 16.0 Å². The molecule has 0 radical (unpaired) electrons. The van der Waals surface area contributed by atoms with Crippen molar-refractivity contribution < 1.29 is 21.6 Å². The summed E-state index contributed by atoms with van der Waals surface area (Å²) in [6.07, 6.45) is 3.82. The molecule has 10 nitrogen and oxygen atoms in total. The normalized spacial score (nSPS) is 12.1. The molecule has 1 aromatic heterocycles. The van der Waals surface area contributed by atoms with Crippen molar-refractivity contribution in [3.8, 4) is 0 Å². The van der Waals surface area contributed by atoms with Crippen LogP contribution in [0.5, 0.6) is 0 Å². The van der Waals surface area contributed by atoms with Gasteiger partial charge in [-0.1, -0.05) is 0 Å². The van der Waals surface area contributed by atoms with Crippen LogP contribution in [-0.4, -0.2) is 51.1 Å². The lowest BCUT2D eigenvalue weighted by Crippen LogP contribution is -2.41. The molecule has 0 spiro atoms. The first kappa shape index (κ1) is 18.9. The van der Waals surface area contributed by atoms with E-state index in [1.54, 1.807) is 0 Å². The molecule has 1 aromatic carbocycles. The van der Waals surface area contributed by atoms with E-state index in [0.29, 0.717) is 0 Å². The molecule has 12 heteroatoms. The summed E-state index contributed by atoms with van der Waals surface area (Å²) in [6.45, 7) is 0. The quantitative estimate of drug-likeness (QED) is 0.630. The van der Waals surface area contributed by atoms with Gasteiger partial charge in [-0.3, -0.25) is 15.2 Å². The fourth-order valence-electron chi connectivity index (χ4n) is 1.65. The van der Waals surface area contributed by atoms with Gasteiger partial charge in [0, 0.05) is 26.5 Å². The van der Waals surface area contributed by atoms with Crippen LogP contribution >= 0.6 is 0 Å². The second kappa shape index (κ2) is 7.23. The number of nitrogens with one attached hydrogen (secondary N) is 2. The Morgan fingerprint density at radius 3 is 2.12 bits per heavy atom. The third-order valence-corrected chi connectivity index (χ3v) is 6.10. The Hall–Kier alpha value is -2.41. The highest BCUT2D eigenvalue weighted by Crippen LogP contribution is 2.16. The van der Waals surface area contributed by atoms with Crippen molar-refractivity contribution in [1.82, 2.24) is 24.5 Å². The first-order valence-corrected chi connectivity index (χ1v) is 9.67. The van der Waals surface area contributed by atoms with E-state index < -0.39 is 26.0 Å². The fourth-order valence-corrected chi connectivity index (χ4v) is 3.40. The van der Waals surface area contributed by atoms with Crippen LogP contribution in [0.4, 0.5) is 0 Å². The monoisotopic (exact) mass is 385 g/mol. The van der Waals surface area contributed by atoms with Crippen molar-refractivity contribution in [2.75, 3.05) is 14.1 Å². The summed E-state index contributed by atoms with van der Waals surface area (Å²) in [5, 5.41) is 0. The Kier molecular flexibility index (Phi) is 5.47. The Balaban J connectivity index is 2.14. The van der Waals surface area contributed by atoms with Crippen LogP contribution in [0.1, 0.15) is 10.5 Å². The van der Waals surface area contributed by atoms with E-state index in [0.717, 1.165) is 28.6 Å². The van der Waals surface area contributed by atoms with Crippen LogP contribution in [0.2, 0.25) is 0 Å². The number of carbonyl (C=O) groups is 1. The van der Waals surface area contributed by atoms with Gasteiger partial charge < -0.3 is 0 Å². The van der Waals surface area contributed by atoms with E-state index in [4.69, 9.17) is 0 Å². The molecule has 0 atom stereocenters. The Labute approximate surface area is 145 Å². The molecular weight excluding hydrogens is 370 g/mol. The first-order chi connectivity index (χ1) is 11.6. The maximum Gasteiger partial charge on any atom is 0.286 e. The summed E-state index contributed by atoms with van der Waals surface area (Å²) in [6, 6.07) is 4.56. The van der Waals surface area contributed by atoms with Gasteiger partial charge >= 0.3 is 0 Å².